The van der Waals surface area contributed by atoms with E-state index in [1.807, 2.05) is 24.3 Å². The van der Waals surface area contributed by atoms with Gasteiger partial charge in [-0.05, 0) is 36.4 Å². The summed E-state index contributed by atoms with van der Waals surface area (Å²) >= 11 is 3.44. The predicted molar refractivity (Wildman–Crippen MR) is 114 cm³/mol. The van der Waals surface area contributed by atoms with E-state index in [2.05, 4.69) is 25.9 Å². The van der Waals surface area contributed by atoms with Gasteiger partial charge in [-0.25, -0.2) is 4.98 Å². The lowest BCUT2D eigenvalue weighted by molar-refractivity contribution is -0.385. The molecular formula is C21H12BrN3O5. The van der Waals surface area contributed by atoms with Gasteiger partial charge in [0.25, 0.3) is 5.69 Å². The predicted octanol–water partition coefficient (Wildman–Crippen LogP) is 5.64. The summed E-state index contributed by atoms with van der Waals surface area (Å²) < 4.78 is 17.3. The van der Waals surface area contributed by atoms with Crippen molar-refractivity contribution in [1.29, 1.82) is 0 Å². The highest BCUT2D eigenvalue weighted by atomic mass is 79.9. The molecule has 0 fully saturated rings. The number of nitro benzene ring substituents is 1. The molecule has 0 spiro atoms. The average Bonchev–Trinajstić information content (AvgIpc) is 3.37. The largest absolute Gasteiger partial charge is 0.454 e. The number of ether oxygens (including phenoxy) is 2. The number of oxazole rings is 1. The van der Waals surface area contributed by atoms with Gasteiger partial charge in [-0.15, -0.1) is 0 Å². The van der Waals surface area contributed by atoms with Crippen molar-refractivity contribution in [1.82, 2.24) is 4.98 Å². The van der Waals surface area contributed by atoms with E-state index in [0.717, 1.165) is 10.0 Å². The van der Waals surface area contributed by atoms with E-state index in [9.17, 15) is 10.1 Å². The zero-order chi connectivity index (χ0) is 20.7. The van der Waals surface area contributed by atoms with E-state index in [0.29, 0.717) is 39.7 Å². The molecule has 0 radical (unpaired) electrons. The molecule has 30 heavy (non-hydrogen) atoms. The van der Waals surface area contributed by atoms with Gasteiger partial charge in [0, 0.05) is 22.3 Å². The van der Waals surface area contributed by atoms with Gasteiger partial charge >= 0.3 is 0 Å². The van der Waals surface area contributed by atoms with Gasteiger partial charge in [0.15, 0.2) is 17.1 Å². The van der Waals surface area contributed by atoms with E-state index in [-0.39, 0.29) is 12.5 Å². The second kappa shape index (κ2) is 7.27. The van der Waals surface area contributed by atoms with Crippen molar-refractivity contribution in [3.05, 3.63) is 74.7 Å². The zero-order valence-corrected chi connectivity index (χ0v) is 16.8. The first kappa shape index (κ1) is 18.3. The highest BCUT2D eigenvalue weighted by Crippen LogP contribution is 2.37. The van der Waals surface area contributed by atoms with E-state index >= 15 is 0 Å². The quantitative estimate of drug-likeness (QED) is 0.219. The number of hydrogen-bond acceptors (Lipinski definition) is 7. The number of hydrogen-bond donors (Lipinski definition) is 0. The minimum atomic E-state index is -0.479. The molecule has 0 saturated carbocycles. The third kappa shape index (κ3) is 3.39. The van der Waals surface area contributed by atoms with Crippen LogP contribution in [0, 0.1) is 10.1 Å². The molecule has 0 N–H and O–H groups in total. The van der Waals surface area contributed by atoms with Crippen molar-refractivity contribution < 1.29 is 18.8 Å². The Kier molecular flexibility index (Phi) is 4.44. The Morgan fingerprint density at radius 3 is 2.73 bits per heavy atom. The van der Waals surface area contributed by atoms with Gasteiger partial charge in [0.2, 0.25) is 12.7 Å². The fourth-order valence-electron chi connectivity index (χ4n) is 3.09. The molecule has 3 aromatic carbocycles. The summed E-state index contributed by atoms with van der Waals surface area (Å²) in [6, 6.07) is 15.8. The van der Waals surface area contributed by atoms with E-state index in [1.54, 1.807) is 24.3 Å². The lowest BCUT2D eigenvalue weighted by Gasteiger charge is -2.00. The Balaban J connectivity index is 1.49. The summed E-state index contributed by atoms with van der Waals surface area (Å²) in [7, 11) is 0. The summed E-state index contributed by atoms with van der Waals surface area (Å²) in [6.07, 6.45) is 1.42. The molecule has 0 amide bonds. The van der Waals surface area contributed by atoms with Crippen LogP contribution in [0.25, 0.3) is 22.6 Å². The standard InChI is InChI=1S/C21H12BrN3O5/c22-14-3-1-2-12(6-14)21-24-16-5-4-15(8-18(16)30-21)23-10-13-7-19-20(29-11-28-19)9-17(13)25(26)27/h1-10H,11H2. The van der Waals surface area contributed by atoms with Gasteiger partial charge in [0.1, 0.15) is 5.52 Å². The van der Waals surface area contributed by atoms with Crippen molar-refractivity contribution in [3.63, 3.8) is 0 Å². The maximum absolute atomic E-state index is 11.4. The molecular weight excluding hydrogens is 454 g/mol. The van der Waals surface area contributed by atoms with Crippen LogP contribution in [0.5, 0.6) is 11.5 Å². The van der Waals surface area contributed by atoms with Crippen molar-refractivity contribution in [2.75, 3.05) is 6.79 Å². The number of aliphatic imine (C=N–C) groups is 1. The van der Waals surface area contributed by atoms with Crippen molar-refractivity contribution in [2.45, 2.75) is 0 Å². The highest BCUT2D eigenvalue weighted by molar-refractivity contribution is 9.10. The van der Waals surface area contributed by atoms with Crippen molar-refractivity contribution in [3.8, 4) is 23.0 Å². The Morgan fingerprint density at radius 2 is 1.93 bits per heavy atom. The molecule has 2 heterocycles. The van der Waals surface area contributed by atoms with Gasteiger partial charge in [0.05, 0.1) is 22.2 Å². The minimum Gasteiger partial charge on any atom is -0.454 e. The fraction of sp³-hybridized carbons (Fsp3) is 0.0476. The zero-order valence-electron chi connectivity index (χ0n) is 15.2. The molecule has 1 aliphatic rings. The maximum Gasteiger partial charge on any atom is 0.282 e. The maximum atomic E-state index is 11.4. The molecule has 0 unspecified atom stereocenters. The van der Waals surface area contributed by atoms with E-state index in [4.69, 9.17) is 13.9 Å². The second-order valence-electron chi connectivity index (χ2n) is 6.46. The van der Waals surface area contributed by atoms with Crippen LogP contribution < -0.4 is 9.47 Å². The lowest BCUT2D eigenvalue weighted by Crippen LogP contribution is -1.94. The molecule has 0 aliphatic carbocycles. The summed E-state index contributed by atoms with van der Waals surface area (Å²) in [5, 5.41) is 11.4. The molecule has 5 rings (SSSR count). The van der Waals surface area contributed by atoms with Crippen molar-refractivity contribution >= 4 is 44.6 Å². The smallest absolute Gasteiger partial charge is 0.282 e. The van der Waals surface area contributed by atoms with Crippen molar-refractivity contribution in [2.24, 2.45) is 4.99 Å². The van der Waals surface area contributed by atoms with Crippen LogP contribution in [0.2, 0.25) is 0 Å². The summed E-state index contributed by atoms with van der Waals surface area (Å²) in [5.74, 6) is 1.30. The number of nitro groups is 1. The third-order valence-corrected chi connectivity index (χ3v) is 5.01. The van der Waals surface area contributed by atoms with Gasteiger partial charge in [-0.2, -0.15) is 0 Å². The molecule has 9 heteroatoms. The number of benzene rings is 3. The Labute approximate surface area is 178 Å². The fourth-order valence-corrected chi connectivity index (χ4v) is 3.49. The minimum absolute atomic E-state index is 0.0373. The molecule has 1 aliphatic heterocycles. The van der Waals surface area contributed by atoms with Crippen LogP contribution in [0.4, 0.5) is 11.4 Å². The second-order valence-corrected chi connectivity index (χ2v) is 7.38. The van der Waals surface area contributed by atoms with Crippen LogP contribution in [-0.2, 0) is 0 Å². The number of halogens is 1. The molecule has 1 aromatic heterocycles. The first-order valence-electron chi connectivity index (χ1n) is 8.85. The summed E-state index contributed by atoms with van der Waals surface area (Å²) in [5.41, 5.74) is 2.89. The third-order valence-electron chi connectivity index (χ3n) is 4.51. The van der Waals surface area contributed by atoms with Gasteiger partial charge in [-0.1, -0.05) is 22.0 Å². The Bertz CT molecular complexity index is 1330. The van der Waals surface area contributed by atoms with E-state index in [1.165, 1.54) is 12.3 Å². The topological polar surface area (TPSA) is 100.0 Å². The van der Waals surface area contributed by atoms with Crippen LogP contribution >= 0.6 is 15.9 Å². The monoisotopic (exact) mass is 465 g/mol. The van der Waals surface area contributed by atoms with Crippen LogP contribution in [0.1, 0.15) is 5.56 Å². The van der Waals surface area contributed by atoms with Gasteiger partial charge in [-0.3, -0.25) is 15.1 Å². The SMILES string of the molecule is O=[N+]([O-])c1cc2c(cc1C=Nc1ccc3nc(-c4cccc(Br)c4)oc3c1)OCO2. The molecule has 0 bridgehead atoms. The van der Waals surface area contributed by atoms with Crippen LogP contribution in [-0.4, -0.2) is 22.9 Å². The molecule has 8 nitrogen and oxygen atoms in total. The normalized spacial score (nSPS) is 12.7. The first-order chi connectivity index (χ1) is 14.6. The van der Waals surface area contributed by atoms with Crippen LogP contribution in [0.3, 0.4) is 0 Å². The summed E-state index contributed by atoms with van der Waals surface area (Å²) in [4.78, 5) is 19.8. The molecule has 0 saturated heterocycles. The number of aromatic nitrogens is 1. The number of rotatable bonds is 4. The molecule has 4 aromatic rings. The number of nitrogens with zero attached hydrogens (tertiary/aromatic N) is 3. The average molecular weight is 466 g/mol. The first-order valence-corrected chi connectivity index (χ1v) is 9.65. The van der Waals surface area contributed by atoms with Gasteiger partial charge < -0.3 is 13.9 Å². The lowest BCUT2D eigenvalue weighted by atomic mass is 10.1. The Hall–Kier alpha value is -3.72. The number of fused-ring (bicyclic) bond motifs is 2. The molecule has 0 atom stereocenters. The van der Waals surface area contributed by atoms with Crippen LogP contribution in [0.15, 0.2) is 68.5 Å². The summed E-state index contributed by atoms with van der Waals surface area (Å²) in [6.45, 7) is 0.0373. The van der Waals surface area contributed by atoms with E-state index < -0.39 is 4.92 Å². The highest BCUT2D eigenvalue weighted by Gasteiger charge is 2.22. The Morgan fingerprint density at radius 1 is 1.10 bits per heavy atom. The molecule has 148 valence electrons.